The molecule has 0 spiro atoms. The Hall–Kier alpha value is -1.03. The number of nitrogens with one attached hydrogen (secondary N) is 1. The maximum absolute atomic E-state index is 11.4. The van der Waals surface area contributed by atoms with Gasteiger partial charge in [0.25, 0.3) is 0 Å². The van der Waals surface area contributed by atoms with Crippen LogP contribution in [0.25, 0.3) is 11.0 Å². The van der Waals surface area contributed by atoms with Crippen LogP contribution in [0.5, 0.6) is 0 Å². The van der Waals surface area contributed by atoms with Gasteiger partial charge in [-0.3, -0.25) is 4.57 Å². The van der Waals surface area contributed by atoms with Crippen LogP contribution in [-0.2, 0) is 6.54 Å². The van der Waals surface area contributed by atoms with Crippen molar-refractivity contribution < 1.29 is 0 Å². The van der Waals surface area contributed by atoms with Crippen LogP contribution < -0.4 is 5.69 Å². The fourth-order valence-electron chi connectivity index (χ4n) is 1.44. The molecule has 1 N–H and O–H groups in total. The molecule has 1 aromatic heterocycles. The fraction of sp³-hybridized carbons (Fsp3) is 0.222. The second-order valence-electron chi connectivity index (χ2n) is 2.84. The monoisotopic (exact) mass is 240 g/mol. The number of halogens is 1. The van der Waals surface area contributed by atoms with E-state index >= 15 is 0 Å². The Morgan fingerprint density at radius 1 is 1.54 bits per heavy atom. The fourth-order valence-corrected chi connectivity index (χ4v) is 1.79. The quantitative estimate of drug-likeness (QED) is 0.815. The molecule has 2 aromatic rings. The summed E-state index contributed by atoms with van der Waals surface area (Å²) < 4.78 is 2.70. The van der Waals surface area contributed by atoms with Crippen molar-refractivity contribution in [2.24, 2.45) is 0 Å². The first-order chi connectivity index (χ1) is 6.22. The van der Waals surface area contributed by atoms with Crippen molar-refractivity contribution in [2.75, 3.05) is 0 Å². The summed E-state index contributed by atoms with van der Waals surface area (Å²) in [6.45, 7) is 2.64. The summed E-state index contributed by atoms with van der Waals surface area (Å²) >= 11 is 3.38. The number of aromatic nitrogens is 2. The molecule has 0 bridgehead atoms. The van der Waals surface area contributed by atoms with Gasteiger partial charge in [-0.1, -0.05) is 15.9 Å². The van der Waals surface area contributed by atoms with Gasteiger partial charge in [-0.2, -0.15) is 0 Å². The van der Waals surface area contributed by atoms with Gasteiger partial charge in [0.15, 0.2) is 0 Å². The number of hydrogen-bond donors (Lipinski definition) is 1. The minimum absolute atomic E-state index is 0.0457. The lowest BCUT2D eigenvalue weighted by Crippen LogP contribution is -2.14. The average molecular weight is 241 g/mol. The molecule has 0 saturated carbocycles. The first-order valence-electron chi connectivity index (χ1n) is 4.10. The smallest absolute Gasteiger partial charge is 0.306 e. The van der Waals surface area contributed by atoms with Crippen molar-refractivity contribution in [3.05, 3.63) is 33.2 Å². The molecule has 1 aromatic carbocycles. The minimum Gasteiger partial charge on any atom is -0.306 e. The van der Waals surface area contributed by atoms with E-state index in [1.165, 1.54) is 0 Å². The molecule has 4 heteroatoms. The maximum atomic E-state index is 11.4. The molecular formula is C9H9BrN2O. The van der Waals surface area contributed by atoms with E-state index in [1.807, 2.05) is 25.1 Å². The summed E-state index contributed by atoms with van der Waals surface area (Å²) in [5.74, 6) is 0. The molecule has 0 atom stereocenters. The van der Waals surface area contributed by atoms with E-state index in [9.17, 15) is 4.79 Å². The third-order valence-electron chi connectivity index (χ3n) is 2.05. The number of aromatic amines is 1. The second kappa shape index (κ2) is 3.03. The molecule has 0 radical (unpaired) electrons. The summed E-state index contributed by atoms with van der Waals surface area (Å²) in [5, 5.41) is 0. The van der Waals surface area contributed by atoms with Crippen molar-refractivity contribution in [1.82, 2.24) is 9.55 Å². The highest BCUT2D eigenvalue weighted by Gasteiger charge is 2.03. The summed E-state index contributed by atoms with van der Waals surface area (Å²) in [6.07, 6.45) is 0. The van der Waals surface area contributed by atoms with Crippen LogP contribution in [0.4, 0.5) is 0 Å². The van der Waals surface area contributed by atoms with Gasteiger partial charge < -0.3 is 4.98 Å². The van der Waals surface area contributed by atoms with Crippen molar-refractivity contribution in [2.45, 2.75) is 13.5 Å². The number of rotatable bonds is 1. The molecule has 68 valence electrons. The van der Waals surface area contributed by atoms with Gasteiger partial charge in [0, 0.05) is 11.0 Å². The van der Waals surface area contributed by atoms with Gasteiger partial charge in [-0.25, -0.2) is 4.79 Å². The number of H-pyrrole nitrogens is 1. The zero-order valence-electron chi connectivity index (χ0n) is 7.17. The summed E-state index contributed by atoms with van der Waals surface area (Å²) in [6, 6.07) is 5.75. The Morgan fingerprint density at radius 2 is 2.31 bits per heavy atom. The number of hydrogen-bond acceptors (Lipinski definition) is 1. The third kappa shape index (κ3) is 1.31. The molecule has 13 heavy (non-hydrogen) atoms. The predicted molar refractivity (Wildman–Crippen MR) is 55.9 cm³/mol. The topological polar surface area (TPSA) is 37.8 Å². The SMILES string of the molecule is CCn1c(=O)[nH]c2ccc(Br)cc21. The van der Waals surface area contributed by atoms with Crippen molar-refractivity contribution >= 4 is 27.0 Å². The van der Waals surface area contributed by atoms with E-state index in [4.69, 9.17) is 0 Å². The van der Waals surface area contributed by atoms with Crippen LogP contribution in [0.3, 0.4) is 0 Å². The van der Waals surface area contributed by atoms with Crippen molar-refractivity contribution in [3.8, 4) is 0 Å². The predicted octanol–water partition coefficient (Wildman–Crippen LogP) is 2.11. The van der Waals surface area contributed by atoms with Gasteiger partial charge in [0.2, 0.25) is 0 Å². The van der Waals surface area contributed by atoms with E-state index < -0.39 is 0 Å². The number of benzene rings is 1. The summed E-state index contributed by atoms with van der Waals surface area (Å²) in [7, 11) is 0. The number of fused-ring (bicyclic) bond motifs is 1. The molecule has 0 aliphatic heterocycles. The molecule has 0 saturated heterocycles. The van der Waals surface area contributed by atoms with Crippen LogP contribution in [0.1, 0.15) is 6.92 Å². The summed E-state index contributed by atoms with van der Waals surface area (Å²) in [5.41, 5.74) is 1.78. The lowest BCUT2D eigenvalue weighted by Gasteiger charge is -1.97. The number of nitrogens with zero attached hydrogens (tertiary/aromatic N) is 1. The van der Waals surface area contributed by atoms with Crippen LogP contribution >= 0.6 is 15.9 Å². The first kappa shape index (κ1) is 8.56. The van der Waals surface area contributed by atoms with E-state index in [0.717, 1.165) is 15.5 Å². The Balaban J connectivity index is 2.89. The van der Waals surface area contributed by atoms with E-state index in [0.29, 0.717) is 6.54 Å². The van der Waals surface area contributed by atoms with Crippen LogP contribution in [-0.4, -0.2) is 9.55 Å². The average Bonchev–Trinajstić information content (AvgIpc) is 2.40. The first-order valence-corrected chi connectivity index (χ1v) is 4.89. The van der Waals surface area contributed by atoms with Crippen molar-refractivity contribution in [3.63, 3.8) is 0 Å². The Labute approximate surface area is 83.5 Å². The number of aryl methyl sites for hydroxylation is 1. The van der Waals surface area contributed by atoms with Crippen molar-refractivity contribution in [1.29, 1.82) is 0 Å². The molecule has 0 unspecified atom stereocenters. The minimum atomic E-state index is -0.0457. The molecule has 0 fully saturated rings. The van der Waals surface area contributed by atoms with Gasteiger partial charge in [0.1, 0.15) is 0 Å². The highest BCUT2D eigenvalue weighted by molar-refractivity contribution is 9.10. The number of imidazole rings is 1. The van der Waals surface area contributed by atoms with Gasteiger partial charge >= 0.3 is 5.69 Å². The van der Waals surface area contributed by atoms with Gasteiger partial charge in [-0.05, 0) is 25.1 Å². The van der Waals surface area contributed by atoms with E-state index in [1.54, 1.807) is 4.57 Å². The lowest BCUT2D eigenvalue weighted by atomic mass is 10.3. The highest BCUT2D eigenvalue weighted by atomic mass is 79.9. The maximum Gasteiger partial charge on any atom is 0.326 e. The molecule has 2 rings (SSSR count). The summed E-state index contributed by atoms with van der Waals surface area (Å²) in [4.78, 5) is 14.2. The molecule has 0 aliphatic rings. The second-order valence-corrected chi connectivity index (χ2v) is 3.75. The molecule has 1 heterocycles. The Kier molecular flexibility index (Phi) is 2.00. The van der Waals surface area contributed by atoms with Crippen LogP contribution in [0.2, 0.25) is 0 Å². The van der Waals surface area contributed by atoms with E-state index in [2.05, 4.69) is 20.9 Å². The zero-order valence-corrected chi connectivity index (χ0v) is 8.76. The molecule has 3 nitrogen and oxygen atoms in total. The molecular weight excluding hydrogens is 232 g/mol. The molecule has 0 amide bonds. The third-order valence-corrected chi connectivity index (χ3v) is 2.55. The molecule has 0 aliphatic carbocycles. The largest absolute Gasteiger partial charge is 0.326 e. The Morgan fingerprint density at radius 3 is 3.00 bits per heavy atom. The standard InChI is InChI=1S/C9H9BrN2O/c1-2-12-8-5-6(10)3-4-7(8)11-9(12)13/h3-5H,2H2,1H3,(H,11,13). The van der Waals surface area contributed by atoms with E-state index in [-0.39, 0.29) is 5.69 Å². The Bertz CT molecular complexity index is 498. The normalized spacial score (nSPS) is 10.9. The van der Waals surface area contributed by atoms with Crippen LogP contribution in [0, 0.1) is 0 Å². The van der Waals surface area contributed by atoms with Gasteiger partial charge in [-0.15, -0.1) is 0 Å². The lowest BCUT2D eigenvalue weighted by molar-refractivity contribution is 0.753. The highest BCUT2D eigenvalue weighted by Crippen LogP contribution is 2.16. The zero-order chi connectivity index (χ0) is 9.42. The van der Waals surface area contributed by atoms with Gasteiger partial charge in [0.05, 0.1) is 11.0 Å². The van der Waals surface area contributed by atoms with Crippen LogP contribution in [0.15, 0.2) is 27.5 Å².